The molecule has 0 unspecified atom stereocenters. The van der Waals surface area contributed by atoms with Crippen LogP contribution in [0.1, 0.15) is 33.6 Å². The molecular formula is C14H25NO3. The van der Waals surface area contributed by atoms with Gasteiger partial charge in [-0.25, -0.2) is 0 Å². The average Bonchev–Trinajstić information content (AvgIpc) is 2.27. The van der Waals surface area contributed by atoms with Gasteiger partial charge >= 0.3 is 0 Å². The van der Waals surface area contributed by atoms with E-state index in [1.807, 2.05) is 0 Å². The molecule has 0 spiro atoms. The maximum Gasteiger partial charge on any atom is 0.0841 e. The van der Waals surface area contributed by atoms with Crippen LogP contribution < -0.4 is 0 Å². The number of ether oxygens (including phenoxy) is 2. The Labute approximate surface area is 109 Å². The summed E-state index contributed by atoms with van der Waals surface area (Å²) in [5, 5.41) is 10.7. The Morgan fingerprint density at radius 1 is 1.17 bits per heavy atom. The fraction of sp³-hybridized carbons (Fsp3) is 1.00. The maximum atomic E-state index is 10.7. The van der Waals surface area contributed by atoms with Gasteiger partial charge in [0.2, 0.25) is 0 Å². The summed E-state index contributed by atoms with van der Waals surface area (Å²) < 4.78 is 11.8. The van der Waals surface area contributed by atoms with Gasteiger partial charge in [0.25, 0.3) is 0 Å². The third kappa shape index (κ3) is 1.82. The van der Waals surface area contributed by atoms with Crippen LogP contribution in [0.2, 0.25) is 0 Å². The lowest BCUT2D eigenvalue weighted by Gasteiger charge is -2.62. The van der Waals surface area contributed by atoms with Gasteiger partial charge in [0.1, 0.15) is 0 Å². The minimum atomic E-state index is -0.273. The fourth-order valence-corrected chi connectivity index (χ4v) is 4.35. The van der Waals surface area contributed by atoms with Crippen LogP contribution in [-0.4, -0.2) is 59.7 Å². The molecule has 0 radical (unpaired) electrons. The number of aliphatic hydroxyl groups excluding tert-OH is 1. The first-order valence-electron chi connectivity index (χ1n) is 7.14. The maximum absolute atomic E-state index is 10.7. The Kier molecular flexibility index (Phi) is 2.98. The molecule has 4 nitrogen and oxygen atoms in total. The number of aliphatic hydroxyl groups is 1. The molecular weight excluding hydrogens is 230 g/mol. The lowest BCUT2D eigenvalue weighted by molar-refractivity contribution is -0.298. The highest BCUT2D eigenvalue weighted by Crippen LogP contribution is 2.51. The van der Waals surface area contributed by atoms with Crippen molar-refractivity contribution in [3.63, 3.8) is 0 Å². The second-order valence-corrected chi connectivity index (χ2v) is 6.75. The lowest BCUT2D eigenvalue weighted by Crippen LogP contribution is -2.73. The van der Waals surface area contributed by atoms with Crippen LogP contribution in [0.25, 0.3) is 0 Å². The standard InChI is InChI=1S/C14H25NO3/c1-13(2)10-4-5-14(3,18-13)12(11(10)16)15-6-8-17-9-7-15/h10-12,16H,4-9H2,1-3H3/t10-,11-,12-,14+/m0/s1. The molecule has 4 fully saturated rings. The number of hydrogen-bond donors (Lipinski definition) is 1. The Balaban J connectivity index is 1.87. The molecule has 1 aliphatic carbocycles. The second-order valence-electron chi connectivity index (χ2n) is 6.75. The summed E-state index contributed by atoms with van der Waals surface area (Å²) >= 11 is 0. The predicted octanol–water partition coefficient (Wildman–Crippen LogP) is 1.03. The third-order valence-electron chi connectivity index (χ3n) is 5.14. The Hall–Kier alpha value is -0.160. The van der Waals surface area contributed by atoms with Crippen LogP contribution in [0.4, 0.5) is 0 Å². The normalized spacial score (nSPS) is 48.3. The number of morpholine rings is 1. The Bertz CT molecular complexity index is 327. The van der Waals surface area contributed by atoms with Crippen molar-refractivity contribution in [3.8, 4) is 0 Å². The van der Waals surface area contributed by atoms with Gasteiger partial charge in [-0.1, -0.05) is 0 Å². The molecule has 4 heteroatoms. The zero-order valence-electron chi connectivity index (χ0n) is 11.7. The van der Waals surface area contributed by atoms with Crippen molar-refractivity contribution in [2.45, 2.75) is 57.0 Å². The van der Waals surface area contributed by atoms with Gasteiger partial charge in [-0.2, -0.15) is 0 Å². The van der Waals surface area contributed by atoms with Gasteiger partial charge in [-0.3, -0.25) is 4.90 Å². The van der Waals surface area contributed by atoms with E-state index in [1.165, 1.54) is 0 Å². The van der Waals surface area contributed by atoms with Gasteiger partial charge in [0.05, 0.1) is 36.6 Å². The largest absolute Gasteiger partial charge is 0.391 e. The van der Waals surface area contributed by atoms with Gasteiger partial charge in [-0.05, 0) is 33.6 Å². The fourth-order valence-electron chi connectivity index (χ4n) is 4.35. The smallest absolute Gasteiger partial charge is 0.0841 e. The number of rotatable bonds is 1. The van der Waals surface area contributed by atoms with Crippen molar-refractivity contribution in [2.75, 3.05) is 26.3 Å². The molecule has 3 heterocycles. The van der Waals surface area contributed by atoms with Crippen molar-refractivity contribution >= 4 is 0 Å². The zero-order chi connectivity index (χ0) is 13.0. The predicted molar refractivity (Wildman–Crippen MR) is 68.5 cm³/mol. The summed E-state index contributed by atoms with van der Waals surface area (Å²) in [6.07, 6.45) is 1.86. The van der Waals surface area contributed by atoms with E-state index in [2.05, 4.69) is 25.7 Å². The average molecular weight is 255 g/mol. The summed E-state index contributed by atoms with van der Waals surface area (Å²) in [5.41, 5.74) is -0.412. The van der Waals surface area contributed by atoms with Crippen LogP contribution in [0.15, 0.2) is 0 Å². The Morgan fingerprint density at radius 3 is 2.39 bits per heavy atom. The van der Waals surface area contributed by atoms with E-state index in [0.29, 0.717) is 0 Å². The lowest BCUT2D eigenvalue weighted by atomic mass is 9.64. The quantitative estimate of drug-likeness (QED) is 0.760. The molecule has 104 valence electrons. The molecule has 4 aliphatic rings. The van der Waals surface area contributed by atoms with Crippen LogP contribution in [0, 0.1) is 5.92 Å². The minimum Gasteiger partial charge on any atom is -0.391 e. The van der Waals surface area contributed by atoms with Crippen molar-refractivity contribution in [3.05, 3.63) is 0 Å². The van der Waals surface area contributed by atoms with Crippen molar-refractivity contribution in [2.24, 2.45) is 5.92 Å². The first kappa shape index (κ1) is 12.9. The molecule has 2 bridgehead atoms. The summed E-state index contributed by atoms with van der Waals surface area (Å²) in [5.74, 6) is 0.257. The summed E-state index contributed by atoms with van der Waals surface area (Å²) in [6.45, 7) is 9.78. The Morgan fingerprint density at radius 2 is 1.83 bits per heavy atom. The van der Waals surface area contributed by atoms with E-state index in [-0.39, 0.29) is 29.3 Å². The van der Waals surface area contributed by atoms with E-state index in [1.54, 1.807) is 0 Å². The molecule has 4 atom stereocenters. The molecule has 3 aliphatic heterocycles. The number of fused-ring (bicyclic) bond motifs is 3. The van der Waals surface area contributed by atoms with E-state index in [4.69, 9.17) is 9.47 Å². The molecule has 4 rings (SSSR count). The highest BCUT2D eigenvalue weighted by Gasteiger charge is 2.60. The van der Waals surface area contributed by atoms with Crippen LogP contribution in [-0.2, 0) is 9.47 Å². The van der Waals surface area contributed by atoms with Gasteiger partial charge in [0, 0.05) is 19.0 Å². The molecule has 0 aromatic heterocycles. The molecule has 1 saturated carbocycles. The van der Waals surface area contributed by atoms with E-state index < -0.39 is 0 Å². The van der Waals surface area contributed by atoms with Crippen LogP contribution in [0.5, 0.6) is 0 Å². The van der Waals surface area contributed by atoms with Crippen LogP contribution >= 0.6 is 0 Å². The van der Waals surface area contributed by atoms with Gasteiger partial charge in [0.15, 0.2) is 0 Å². The first-order valence-corrected chi connectivity index (χ1v) is 7.14. The molecule has 0 aromatic carbocycles. The molecule has 1 N–H and O–H groups in total. The van der Waals surface area contributed by atoms with Crippen LogP contribution in [0.3, 0.4) is 0 Å². The first-order chi connectivity index (χ1) is 8.44. The van der Waals surface area contributed by atoms with E-state index >= 15 is 0 Å². The monoisotopic (exact) mass is 255 g/mol. The molecule has 3 saturated heterocycles. The van der Waals surface area contributed by atoms with E-state index in [0.717, 1.165) is 39.1 Å². The van der Waals surface area contributed by atoms with E-state index in [9.17, 15) is 5.11 Å². The third-order valence-corrected chi connectivity index (χ3v) is 5.14. The summed E-state index contributed by atoms with van der Waals surface area (Å²) in [7, 11) is 0. The van der Waals surface area contributed by atoms with Gasteiger partial charge < -0.3 is 14.6 Å². The zero-order valence-corrected chi connectivity index (χ0v) is 11.7. The minimum absolute atomic E-state index is 0.133. The molecule has 0 aromatic rings. The summed E-state index contributed by atoms with van der Waals surface area (Å²) in [6, 6.07) is 0.133. The van der Waals surface area contributed by atoms with Crippen molar-refractivity contribution in [1.29, 1.82) is 0 Å². The van der Waals surface area contributed by atoms with Crippen molar-refractivity contribution < 1.29 is 14.6 Å². The van der Waals surface area contributed by atoms with Crippen molar-refractivity contribution in [1.82, 2.24) is 4.90 Å². The molecule has 18 heavy (non-hydrogen) atoms. The summed E-state index contributed by atoms with van der Waals surface area (Å²) in [4.78, 5) is 2.37. The molecule has 0 amide bonds. The highest BCUT2D eigenvalue weighted by atomic mass is 16.5. The topological polar surface area (TPSA) is 41.9 Å². The second kappa shape index (κ2) is 4.17. The number of nitrogens with zero attached hydrogens (tertiary/aromatic N) is 1. The highest BCUT2D eigenvalue weighted by molar-refractivity contribution is 5.11. The van der Waals surface area contributed by atoms with Gasteiger partial charge in [-0.15, -0.1) is 0 Å². The number of hydrogen-bond acceptors (Lipinski definition) is 4. The SMILES string of the molecule is CC1(C)O[C@]2(C)CC[C@H]1[C@H](O)[C@@H]2N1CCOCC1.